The van der Waals surface area contributed by atoms with Crippen LogP contribution in [0.1, 0.15) is 24.6 Å². The fourth-order valence-electron chi connectivity index (χ4n) is 2.02. The summed E-state index contributed by atoms with van der Waals surface area (Å²) in [5.41, 5.74) is 1.62. The lowest BCUT2D eigenvalue weighted by atomic mass is 10.2. The van der Waals surface area contributed by atoms with Crippen LogP contribution in [0.3, 0.4) is 0 Å². The molecule has 0 aliphatic carbocycles. The zero-order valence-electron chi connectivity index (χ0n) is 10.4. The summed E-state index contributed by atoms with van der Waals surface area (Å²) in [5.74, 6) is 0.00144. The van der Waals surface area contributed by atoms with Crippen molar-refractivity contribution in [2.45, 2.75) is 19.8 Å². The molecule has 1 aromatic carbocycles. The van der Waals surface area contributed by atoms with Crippen molar-refractivity contribution in [1.82, 2.24) is 4.57 Å². The summed E-state index contributed by atoms with van der Waals surface area (Å²) in [6, 6.07) is 8.15. The van der Waals surface area contributed by atoms with Gasteiger partial charge in [0.1, 0.15) is 11.8 Å². The van der Waals surface area contributed by atoms with Crippen LogP contribution in [0.15, 0.2) is 24.3 Å². The maximum Gasteiger partial charge on any atom is 0.199 e. The van der Waals surface area contributed by atoms with Crippen LogP contribution in [0.5, 0.6) is 11.6 Å². The van der Waals surface area contributed by atoms with Crippen LogP contribution >= 0.6 is 11.6 Å². The molecule has 2 aromatic rings. The summed E-state index contributed by atoms with van der Waals surface area (Å²) in [6.07, 6.45) is 1.46. The summed E-state index contributed by atoms with van der Waals surface area (Å²) in [6.45, 7) is 1.99. The molecule has 0 radical (unpaired) electrons. The molecule has 2 N–H and O–H groups in total. The van der Waals surface area contributed by atoms with Gasteiger partial charge >= 0.3 is 0 Å². The predicted molar refractivity (Wildman–Crippen MR) is 72.8 cm³/mol. The Kier molecular flexibility index (Phi) is 3.68. The van der Waals surface area contributed by atoms with Gasteiger partial charge in [0.05, 0.1) is 22.0 Å². The first kappa shape index (κ1) is 13.3. The van der Waals surface area contributed by atoms with Gasteiger partial charge < -0.3 is 10.2 Å². The Hall–Kier alpha value is -2.12. The molecule has 0 fully saturated rings. The van der Waals surface area contributed by atoms with Crippen LogP contribution in [0.25, 0.3) is 5.69 Å². The van der Waals surface area contributed by atoms with Gasteiger partial charge in [0.2, 0.25) is 0 Å². The molecule has 1 aromatic heterocycles. The quantitative estimate of drug-likeness (QED) is 0.903. The van der Waals surface area contributed by atoms with Crippen LogP contribution in [-0.2, 0) is 6.42 Å². The molecule has 0 spiro atoms. The molecule has 0 aliphatic heterocycles. The summed E-state index contributed by atoms with van der Waals surface area (Å²) in [7, 11) is 0. The first-order valence-corrected chi connectivity index (χ1v) is 6.28. The topological polar surface area (TPSA) is 69.2 Å². The van der Waals surface area contributed by atoms with Crippen LogP contribution in [0.4, 0.5) is 0 Å². The highest BCUT2D eigenvalue weighted by atomic mass is 35.5. The molecule has 0 atom stereocenters. The lowest BCUT2D eigenvalue weighted by molar-refractivity contribution is 0.440. The molecule has 0 amide bonds. The zero-order chi connectivity index (χ0) is 14.0. The van der Waals surface area contributed by atoms with Gasteiger partial charge in [-0.15, -0.1) is 0 Å². The Morgan fingerprint density at radius 1 is 1.32 bits per heavy atom. The second-order valence-electron chi connectivity index (χ2n) is 4.20. The third kappa shape index (κ3) is 2.38. The van der Waals surface area contributed by atoms with Crippen molar-refractivity contribution in [3.63, 3.8) is 0 Å². The molecule has 0 unspecified atom stereocenters. The number of hydrogen-bond donors (Lipinski definition) is 2. The molecule has 4 nitrogen and oxygen atoms in total. The SMILES string of the molecule is CCCc1c(O)cc(O)n1-c1ccc(C#N)c(Cl)c1. The van der Waals surface area contributed by atoms with E-state index in [4.69, 9.17) is 16.9 Å². The van der Waals surface area contributed by atoms with Crippen molar-refractivity contribution in [2.24, 2.45) is 0 Å². The Balaban J connectivity index is 2.59. The molecule has 0 aliphatic rings. The number of halogens is 1. The van der Waals surface area contributed by atoms with Gasteiger partial charge in [-0.25, -0.2) is 0 Å². The first-order valence-electron chi connectivity index (χ1n) is 5.91. The Bertz CT molecular complexity index is 656. The Labute approximate surface area is 116 Å². The van der Waals surface area contributed by atoms with Crippen LogP contribution in [0.2, 0.25) is 5.02 Å². The summed E-state index contributed by atoms with van der Waals surface area (Å²) in [5, 5.41) is 28.9. The van der Waals surface area contributed by atoms with E-state index in [1.165, 1.54) is 10.6 Å². The summed E-state index contributed by atoms with van der Waals surface area (Å²) in [4.78, 5) is 0. The van der Waals surface area contributed by atoms with Crippen molar-refractivity contribution in [2.75, 3.05) is 0 Å². The van der Waals surface area contributed by atoms with Crippen molar-refractivity contribution in [3.8, 4) is 23.4 Å². The molecule has 2 rings (SSSR count). The molecular weight excluding hydrogens is 264 g/mol. The number of aromatic hydroxyl groups is 2. The minimum absolute atomic E-state index is 0.0540. The van der Waals surface area contributed by atoms with Gasteiger partial charge in [-0.05, 0) is 24.6 Å². The first-order chi connectivity index (χ1) is 9.08. The largest absolute Gasteiger partial charge is 0.506 e. The Morgan fingerprint density at radius 3 is 2.63 bits per heavy atom. The highest BCUT2D eigenvalue weighted by Gasteiger charge is 2.15. The third-order valence-corrected chi connectivity index (χ3v) is 3.19. The van der Waals surface area contributed by atoms with E-state index in [-0.39, 0.29) is 11.6 Å². The van der Waals surface area contributed by atoms with E-state index >= 15 is 0 Å². The highest BCUT2D eigenvalue weighted by molar-refractivity contribution is 6.31. The average molecular weight is 277 g/mol. The second-order valence-corrected chi connectivity index (χ2v) is 4.60. The molecule has 5 heteroatoms. The average Bonchev–Trinajstić information content (AvgIpc) is 2.65. The molecule has 1 heterocycles. The lowest BCUT2D eigenvalue weighted by Crippen LogP contribution is -2.00. The van der Waals surface area contributed by atoms with Gasteiger partial charge in [-0.1, -0.05) is 24.9 Å². The fourth-order valence-corrected chi connectivity index (χ4v) is 2.24. The number of nitriles is 1. The fraction of sp³-hybridized carbons (Fsp3) is 0.214. The molecular formula is C14H13ClN2O2. The zero-order valence-corrected chi connectivity index (χ0v) is 11.1. The van der Waals surface area contributed by atoms with E-state index in [1.807, 2.05) is 13.0 Å². The number of aromatic nitrogens is 1. The number of nitrogens with zero attached hydrogens (tertiary/aromatic N) is 2. The number of benzene rings is 1. The summed E-state index contributed by atoms with van der Waals surface area (Å²) < 4.78 is 1.53. The van der Waals surface area contributed by atoms with Gasteiger partial charge in [-0.3, -0.25) is 4.57 Å². The van der Waals surface area contributed by atoms with Crippen molar-refractivity contribution in [3.05, 3.63) is 40.5 Å². The van der Waals surface area contributed by atoms with E-state index in [0.29, 0.717) is 28.4 Å². The predicted octanol–water partition coefficient (Wildman–Crippen LogP) is 3.37. The minimum atomic E-state index is -0.0540. The number of rotatable bonds is 3. The standard InChI is InChI=1S/C14H13ClN2O2/c1-2-3-12-13(18)7-14(19)17(12)10-5-4-9(8-16)11(15)6-10/h4-7,18-19H,2-3H2,1H3. The van der Waals surface area contributed by atoms with Gasteiger partial charge in [0, 0.05) is 6.07 Å². The minimum Gasteiger partial charge on any atom is -0.506 e. The molecule has 0 bridgehead atoms. The molecule has 0 saturated carbocycles. The van der Waals surface area contributed by atoms with Crippen molar-refractivity contribution in [1.29, 1.82) is 5.26 Å². The Morgan fingerprint density at radius 2 is 2.05 bits per heavy atom. The van der Waals surface area contributed by atoms with Crippen LogP contribution in [-0.4, -0.2) is 14.8 Å². The van der Waals surface area contributed by atoms with E-state index in [0.717, 1.165) is 6.42 Å². The van der Waals surface area contributed by atoms with Gasteiger partial charge in [-0.2, -0.15) is 5.26 Å². The second kappa shape index (κ2) is 5.25. The van der Waals surface area contributed by atoms with Gasteiger partial charge in [0.25, 0.3) is 0 Å². The lowest BCUT2D eigenvalue weighted by Gasteiger charge is -2.11. The van der Waals surface area contributed by atoms with Crippen molar-refractivity contribution < 1.29 is 10.2 Å². The summed E-state index contributed by atoms with van der Waals surface area (Å²) >= 11 is 5.99. The monoisotopic (exact) mass is 276 g/mol. The third-order valence-electron chi connectivity index (χ3n) is 2.88. The van der Waals surface area contributed by atoms with Gasteiger partial charge in [0.15, 0.2) is 5.88 Å². The maximum atomic E-state index is 9.90. The van der Waals surface area contributed by atoms with E-state index in [2.05, 4.69) is 0 Å². The smallest absolute Gasteiger partial charge is 0.199 e. The van der Waals surface area contributed by atoms with Crippen molar-refractivity contribution >= 4 is 11.6 Å². The van der Waals surface area contributed by atoms with Crippen LogP contribution in [0, 0.1) is 11.3 Å². The van der Waals surface area contributed by atoms with E-state index in [1.54, 1.807) is 18.2 Å². The highest BCUT2D eigenvalue weighted by Crippen LogP contribution is 2.33. The number of hydrogen-bond acceptors (Lipinski definition) is 3. The van der Waals surface area contributed by atoms with E-state index in [9.17, 15) is 10.2 Å². The molecule has 19 heavy (non-hydrogen) atoms. The van der Waals surface area contributed by atoms with E-state index < -0.39 is 0 Å². The van der Waals surface area contributed by atoms with Crippen LogP contribution < -0.4 is 0 Å². The normalized spacial score (nSPS) is 10.4. The maximum absolute atomic E-state index is 9.90. The molecule has 0 saturated heterocycles. The molecule has 98 valence electrons.